The average Bonchev–Trinajstić information content (AvgIpc) is 2.68. The number of rotatable bonds is 7. The van der Waals surface area contributed by atoms with Crippen LogP contribution in [0, 0.1) is 5.82 Å². The summed E-state index contributed by atoms with van der Waals surface area (Å²) in [6.07, 6.45) is 0. The summed E-state index contributed by atoms with van der Waals surface area (Å²) in [5.74, 6) is 0.368. The van der Waals surface area contributed by atoms with E-state index in [-0.39, 0.29) is 11.6 Å². The van der Waals surface area contributed by atoms with Crippen molar-refractivity contribution in [3.05, 3.63) is 89.2 Å². The highest BCUT2D eigenvalue weighted by Gasteiger charge is 2.08. The fourth-order valence-electron chi connectivity index (χ4n) is 2.30. The number of hydrogen-bond acceptors (Lipinski definition) is 3. The molecule has 0 aliphatic rings. The normalized spacial score (nSPS) is 10.3. The van der Waals surface area contributed by atoms with E-state index in [0.29, 0.717) is 23.8 Å². The van der Waals surface area contributed by atoms with Gasteiger partial charge >= 0.3 is 0 Å². The van der Waals surface area contributed by atoms with Gasteiger partial charge in [-0.05, 0) is 48.0 Å². The number of carbonyl (C=O) groups excluding carboxylic acids is 1. The SMILES string of the molecule is O=C(COc1ccc(OCc2ccccc2)cc1)Nc1ccc(F)cc1Cl. The van der Waals surface area contributed by atoms with Gasteiger partial charge in [-0.2, -0.15) is 0 Å². The average molecular weight is 386 g/mol. The number of benzene rings is 3. The van der Waals surface area contributed by atoms with Crippen molar-refractivity contribution >= 4 is 23.2 Å². The molecule has 27 heavy (non-hydrogen) atoms. The molecule has 3 aromatic rings. The molecule has 0 aromatic heterocycles. The first-order valence-electron chi connectivity index (χ1n) is 8.24. The molecule has 0 aliphatic carbocycles. The van der Waals surface area contributed by atoms with E-state index in [1.165, 1.54) is 12.1 Å². The molecule has 1 amide bonds. The minimum Gasteiger partial charge on any atom is -0.489 e. The number of halogens is 2. The van der Waals surface area contributed by atoms with Crippen molar-refractivity contribution in [1.29, 1.82) is 0 Å². The maximum Gasteiger partial charge on any atom is 0.262 e. The van der Waals surface area contributed by atoms with Crippen LogP contribution < -0.4 is 14.8 Å². The van der Waals surface area contributed by atoms with Gasteiger partial charge in [-0.1, -0.05) is 41.9 Å². The Labute approximate surface area is 161 Å². The molecule has 0 saturated carbocycles. The van der Waals surface area contributed by atoms with Gasteiger partial charge in [0.25, 0.3) is 5.91 Å². The number of ether oxygens (including phenoxy) is 2. The summed E-state index contributed by atoms with van der Waals surface area (Å²) in [5, 5.41) is 2.70. The number of hydrogen-bond donors (Lipinski definition) is 1. The Kier molecular flexibility index (Phi) is 6.28. The molecule has 0 unspecified atom stereocenters. The molecule has 1 N–H and O–H groups in total. The number of anilines is 1. The summed E-state index contributed by atoms with van der Waals surface area (Å²) in [4.78, 5) is 11.9. The lowest BCUT2D eigenvalue weighted by Crippen LogP contribution is -2.20. The van der Waals surface area contributed by atoms with Crippen molar-refractivity contribution in [1.82, 2.24) is 0 Å². The molecule has 0 spiro atoms. The summed E-state index contributed by atoms with van der Waals surface area (Å²) in [7, 11) is 0. The number of carbonyl (C=O) groups is 1. The minimum atomic E-state index is -0.469. The van der Waals surface area contributed by atoms with Crippen LogP contribution in [0.1, 0.15) is 5.56 Å². The molecule has 0 atom stereocenters. The van der Waals surface area contributed by atoms with Gasteiger partial charge in [0.15, 0.2) is 6.61 Å². The van der Waals surface area contributed by atoms with Crippen LogP contribution in [0.5, 0.6) is 11.5 Å². The third kappa shape index (κ3) is 5.72. The van der Waals surface area contributed by atoms with Gasteiger partial charge in [-0.25, -0.2) is 4.39 Å². The maximum absolute atomic E-state index is 13.0. The zero-order valence-electron chi connectivity index (χ0n) is 14.3. The Morgan fingerprint density at radius 3 is 2.26 bits per heavy atom. The maximum atomic E-state index is 13.0. The second-order valence-electron chi connectivity index (χ2n) is 5.71. The predicted molar refractivity (Wildman–Crippen MR) is 103 cm³/mol. The molecular formula is C21H17ClFNO3. The summed E-state index contributed by atoms with van der Waals surface area (Å²) in [6.45, 7) is 0.278. The molecule has 0 bridgehead atoms. The van der Waals surface area contributed by atoms with Crippen LogP contribution in [0.3, 0.4) is 0 Å². The largest absolute Gasteiger partial charge is 0.489 e. The van der Waals surface area contributed by atoms with Crippen molar-refractivity contribution in [3.8, 4) is 11.5 Å². The van der Waals surface area contributed by atoms with Gasteiger partial charge in [0.2, 0.25) is 0 Å². The third-order valence-electron chi connectivity index (χ3n) is 3.65. The van der Waals surface area contributed by atoms with E-state index in [1.54, 1.807) is 24.3 Å². The van der Waals surface area contributed by atoms with Gasteiger partial charge in [0.05, 0.1) is 10.7 Å². The van der Waals surface area contributed by atoms with E-state index < -0.39 is 11.7 Å². The van der Waals surface area contributed by atoms with Crippen LogP contribution in [-0.4, -0.2) is 12.5 Å². The van der Waals surface area contributed by atoms with E-state index in [9.17, 15) is 9.18 Å². The number of nitrogens with one attached hydrogen (secondary N) is 1. The van der Waals surface area contributed by atoms with E-state index in [2.05, 4.69) is 5.32 Å². The highest BCUT2D eigenvalue weighted by Crippen LogP contribution is 2.22. The van der Waals surface area contributed by atoms with Gasteiger partial charge in [-0.15, -0.1) is 0 Å². The lowest BCUT2D eigenvalue weighted by Gasteiger charge is -2.10. The Morgan fingerprint density at radius 1 is 0.926 bits per heavy atom. The number of amides is 1. The Balaban J connectivity index is 1.47. The lowest BCUT2D eigenvalue weighted by molar-refractivity contribution is -0.118. The molecule has 0 heterocycles. The van der Waals surface area contributed by atoms with E-state index >= 15 is 0 Å². The monoisotopic (exact) mass is 385 g/mol. The molecule has 0 radical (unpaired) electrons. The first-order valence-corrected chi connectivity index (χ1v) is 8.62. The second kappa shape index (κ2) is 9.05. The van der Waals surface area contributed by atoms with Crippen LogP contribution in [-0.2, 0) is 11.4 Å². The minimum absolute atomic E-state index is 0.128. The highest BCUT2D eigenvalue weighted by atomic mass is 35.5. The molecule has 3 rings (SSSR count). The van der Waals surface area contributed by atoms with Crippen molar-refractivity contribution in [2.75, 3.05) is 11.9 Å². The third-order valence-corrected chi connectivity index (χ3v) is 3.96. The molecule has 0 fully saturated rings. The summed E-state index contributed by atoms with van der Waals surface area (Å²) < 4.78 is 24.1. The van der Waals surface area contributed by atoms with Crippen molar-refractivity contribution in [2.45, 2.75) is 6.61 Å². The molecule has 3 aromatic carbocycles. The standard InChI is InChI=1S/C21H17ClFNO3/c22-19-12-16(23)6-11-20(19)24-21(25)14-27-18-9-7-17(8-10-18)26-13-15-4-2-1-3-5-15/h1-12H,13-14H2,(H,24,25). The first kappa shape index (κ1) is 18.7. The van der Waals surface area contributed by atoms with Gasteiger partial charge in [-0.3, -0.25) is 4.79 Å². The van der Waals surface area contributed by atoms with E-state index in [0.717, 1.165) is 11.6 Å². The molecular weight excluding hydrogens is 369 g/mol. The molecule has 4 nitrogen and oxygen atoms in total. The Morgan fingerprint density at radius 2 is 1.59 bits per heavy atom. The van der Waals surface area contributed by atoms with Crippen LogP contribution in [0.25, 0.3) is 0 Å². The fourth-order valence-corrected chi connectivity index (χ4v) is 2.51. The van der Waals surface area contributed by atoms with E-state index in [4.69, 9.17) is 21.1 Å². The summed E-state index contributed by atoms with van der Waals surface area (Å²) in [6, 6.07) is 20.6. The van der Waals surface area contributed by atoms with Crippen molar-refractivity contribution in [3.63, 3.8) is 0 Å². The quantitative estimate of drug-likeness (QED) is 0.617. The molecule has 138 valence electrons. The van der Waals surface area contributed by atoms with Gasteiger partial charge in [0, 0.05) is 0 Å². The van der Waals surface area contributed by atoms with Crippen LogP contribution in [0.4, 0.5) is 10.1 Å². The first-order chi connectivity index (χ1) is 13.1. The Hall–Kier alpha value is -3.05. The summed E-state index contributed by atoms with van der Waals surface area (Å²) in [5.41, 5.74) is 1.41. The van der Waals surface area contributed by atoms with Crippen LogP contribution in [0.15, 0.2) is 72.8 Å². The second-order valence-corrected chi connectivity index (χ2v) is 6.11. The molecule has 0 saturated heterocycles. The Bertz CT molecular complexity index is 901. The summed E-state index contributed by atoms with van der Waals surface area (Å²) >= 11 is 5.87. The van der Waals surface area contributed by atoms with Crippen molar-refractivity contribution < 1.29 is 18.7 Å². The van der Waals surface area contributed by atoms with Crippen LogP contribution in [0.2, 0.25) is 5.02 Å². The smallest absolute Gasteiger partial charge is 0.262 e. The highest BCUT2D eigenvalue weighted by molar-refractivity contribution is 6.33. The lowest BCUT2D eigenvalue weighted by atomic mass is 10.2. The predicted octanol–water partition coefficient (Wildman–Crippen LogP) is 5.08. The molecule has 0 aliphatic heterocycles. The molecule has 6 heteroatoms. The topological polar surface area (TPSA) is 47.6 Å². The zero-order valence-corrected chi connectivity index (χ0v) is 15.1. The zero-order chi connectivity index (χ0) is 19.1. The van der Waals surface area contributed by atoms with Crippen molar-refractivity contribution in [2.24, 2.45) is 0 Å². The van der Waals surface area contributed by atoms with Crippen LogP contribution >= 0.6 is 11.6 Å². The fraction of sp³-hybridized carbons (Fsp3) is 0.0952. The van der Waals surface area contributed by atoms with Gasteiger partial charge < -0.3 is 14.8 Å². The van der Waals surface area contributed by atoms with Gasteiger partial charge in [0.1, 0.15) is 23.9 Å². The van der Waals surface area contributed by atoms with E-state index in [1.807, 2.05) is 30.3 Å².